The van der Waals surface area contributed by atoms with E-state index in [1.165, 1.54) is 29.2 Å². The first kappa shape index (κ1) is 28.4. The molecule has 0 radical (unpaired) electrons. The van der Waals surface area contributed by atoms with Gasteiger partial charge in [0.25, 0.3) is 0 Å². The number of sulfone groups is 1. The van der Waals surface area contributed by atoms with Crippen molar-refractivity contribution >= 4 is 33.0 Å². The fourth-order valence-corrected chi connectivity index (χ4v) is 5.64. The zero-order valence-electron chi connectivity index (χ0n) is 21.7. The molecule has 1 N–H and O–H groups in total. The molecule has 1 aliphatic rings. The molecule has 1 heterocycles. The fourth-order valence-electron chi connectivity index (χ4n) is 4.75. The maximum absolute atomic E-state index is 13.0. The van der Waals surface area contributed by atoms with Crippen LogP contribution in [0.2, 0.25) is 0 Å². The molecule has 1 fully saturated rings. The van der Waals surface area contributed by atoms with Gasteiger partial charge in [-0.1, -0.05) is 45.0 Å². The second kappa shape index (κ2) is 10.8. The van der Waals surface area contributed by atoms with Gasteiger partial charge in [-0.15, -0.1) is 0 Å². The minimum absolute atomic E-state index is 0.00212. The summed E-state index contributed by atoms with van der Waals surface area (Å²) in [5.41, 5.74) is 1.63. The molecule has 4 rings (SSSR count). The minimum Gasteiger partial charge on any atom is -0.326 e. The molecule has 1 aliphatic heterocycles. The number of hydrogen-bond donors (Lipinski definition) is 1. The topological polar surface area (TPSA) is 83.5 Å². The minimum atomic E-state index is -4.46. The highest BCUT2D eigenvalue weighted by atomic mass is 32.2. The highest BCUT2D eigenvalue weighted by Crippen LogP contribution is 2.47. The third-order valence-corrected chi connectivity index (χ3v) is 8.65. The van der Waals surface area contributed by atoms with E-state index in [9.17, 15) is 31.2 Å². The standard InChI is InChI=1S/C29H29F3N2O4S/c1-4-39(37,38)24-15-5-19(6-16-24)17-25(35)33-22-11-7-20(8-12-22)27-26(18(2)3)28(36)34(27)23-13-9-21(10-14-23)29(30,31)32/h5-16,18,26-27H,4,17H2,1-3H3,(H,33,35)/t26-,27-/m1/s1. The molecule has 0 bridgehead atoms. The molecule has 1 saturated heterocycles. The monoisotopic (exact) mass is 558 g/mol. The average Bonchev–Trinajstić information content (AvgIpc) is 2.87. The van der Waals surface area contributed by atoms with Crippen molar-refractivity contribution in [1.29, 1.82) is 0 Å². The molecule has 39 heavy (non-hydrogen) atoms. The van der Waals surface area contributed by atoms with Gasteiger partial charge in [-0.2, -0.15) is 13.2 Å². The molecule has 10 heteroatoms. The highest BCUT2D eigenvalue weighted by Gasteiger charge is 2.50. The molecular formula is C29H29F3N2O4S. The van der Waals surface area contributed by atoms with Crippen LogP contribution in [-0.4, -0.2) is 26.0 Å². The Balaban J connectivity index is 1.47. The Hall–Kier alpha value is -3.66. The van der Waals surface area contributed by atoms with Crippen LogP contribution >= 0.6 is 0 Å². The Bertz CT molecular complexity index is 1450. The number of hydrogen-bond acceptors (Lipinski definition) is 4. The Morgan fingerprint density at radius 2 is 1.54 bits per heavy atom. The van der Waals surface area contributed by atoms with E-state index in [2.05, 4.69) is 5.32 Å². The maximum atomic E-state index is 13.0. The first-order valence-corrected chi connectivity index (χ1v) is 14.2. The number of benzene rings is 3. The fraction of sp³-hybridized carbons (Fsp3) is 0.310. The van der Waals surface area contributed by atoms with Gasteiger partial charge in [0.05, 0.1) is 34.6 Å². The molecule has 0 saturated carbocycles. The lowest BCUT2D eigenvalue weighted by Gasteiger charge is -2.49. The summed E-state index contributed by atoms with van der Waals surface area (Å²) in [4.78, 5) is 27.3. The zero-order chi connectivity index (χ0) is 28.5. The van der Waals surface area contributed by atoms with Crippen LogP contribution in [0, 0.1) is 11.8 Å². The van der Waals surface area contributed by atoms with Crippen LogP contribution in [0.4, 0.5) is 24.5 Å². The van der Waals surface area contributed by atoms with Gasteiger partial charge in [0, 0.05) is 11.4 Å². The number of carbonyl (C=O) groups is 2. The number of halogens is 3. The van der Waals surface area contributed by atoms with Crippen molar-refractivity contribution in [3.8, 4) is 0 Å². The smallest absolute Gasteiger partial charge is 0.326 e. The molecule has 0 aromatic heterocycles. The van der Waals surface area contributed by atoms with Gasteiger partial charge in [-0.05, 0) is 65.6 Å². The largest absolute Gasteiger partial charge is 0.416 e. The maximum Gasteiger partial charge on any atom is 0.416 e. The van der Waals surface area contributed by atoms with E-state index in [1.807, 2.05) is 13.8 Å². The summed E-state index contributed by atoms with van der Waals surface area (Å²) in [5.74, 6) is -0.736. The molecular weight excluding hydrogens is 529 g/mol. The predicted molar refractivity (Wildman–Crippen MR) is 143 cm³/mol. The van der Waals surface area contributed by atoms with E-state index in [4.69, 9.17) is 0 Å². The summed E-state index contributed by atoms with van der Waals surface area (Å²) in [6, 6.07) is 17.4. The summed E-state index contributed by atoms with van der Waals surface area (Å²) in [6.07, 6.45) is -4.40. The number of nitrogens with one attached hydrogen (secondary N) is 1. The van der Waals surface area contributed by atoms with E-state index in [1.54, 1.807) is 43.3 Å². The molecule has 3 aromatic rings. The summed E-state index contributed by atoms with van der Waals surface area (Å²) < 4.78 is 62.9. The lowest BCUT2D eigenvalue weighted by Crippen LogP contribution is -2.57. The number of nitrogens with zero attached hydrogens (tertiary/aromatic N) is 1. The Morgan fingerprint density at radius 3 is 2.05 bits per heavy atom. The van der Waals surface area contributed by atoms with Gasteiger partial charge in [0.2, 0.25) is 11.8 Å². The predicted octanol–water partition coefficient (Wildman–Crippen LogP) is 6.04. The van der Waals surface area contributed by atoms with Gasteiger partial charge in [-0.25, -0.2) is 8.42 Å². The lowest BCUT2D eigenvalue weighted by atomic mass is 9.75. The van der Waals surface area contributed by atoms with Crippen molar-refractivity contribution < 1.29 is 31.2 Å². The summed E-state index contributed by atoms with van der Waals surface area (Å²) in [7, 11) is -3.31. The van der Waals surface area contributed by atoms with Gasteiger partial charge in [0.15, 0.2) is 9.84 Å². The molecule has 0 spiro atoms. The van der Waals surface area contributed by atoms with Crippen molar-refractivity contribution in [2.24, 2.45) is 11.8 Å². The van der Waals surface area contributed by atoms with Crippen molar-refractivity contribution in [2.75, 3.05) is 16.0 Å². The molecule has 0 unspecified atom stereocenters. The van der Waals surface area contributed by atoms with Crippen LogP contribution < -0.4 is 10.2 Å². The third-order valence-electron chi connectivity index (χ3n) is 6.90. The van der Waals surface area contributed by atoms with Crippen molar-refractivity contribution in [3.05, 3.63) is 89.5 Å². The van der Waals surface area contributed by atoms with Crippen LogP contribution in [0.3, 0.4) is 0 Å². The first-order chi connectivity index (χ1) is 18.3. The molecule has 0 aliphatic carbocycles. The van der Waals surface area contributed by atoms with E-state index in [0.717, 1.165) is 17.7 Å². The van der Waals surface area contributed by atoms with Gasteiger partial charge in [0.1, 0.15) is 0 Å². The van der Waals surface area contributed by atoms with E-state index < -0.39 is 21.6 Å². The van der Waals surface area contributed by atoms with Gasteiger partial charge in [-0.3, -0.25) is 9.59 Å². The molecule has 6 nitrogen and oxygen atoms in total. The van der Waals surface area contributed by atoms with E-state index >= 15 is 0 Å². The Labute approximate surface area is 225 Å². The van der Waals surface area contributed by atoms with Gasteiger partial charge >= 0.3 is 6.18 Å². The third kappa shape index (κ3) is 6.00. The number of carbonyl (C=O) groups excluding carboxylic acids is 2. The van der Waals surface area contributed by atoms with Crippen molar-refractivity contribution in [1.82, 2.24) is 0 Å². The van der Waals surface area contributed by atoms with Crippen LogP contribution in [0.1, 0.15) is 43.5 Å². The normalized spacial score (nSPS) is 17.7. The Morgan fingerprint density at radius 1 is 0.949 bits per heavy atom. The number of anilines is 2. The lowest BCUT2D eigenvalue weighted by molar-refractivity contribution is -0.137. The van der Waals surface area contributed by atoms with Crippen LogP contribution in [0.15, 0.2) is 77.7 Å². The van der Waals surface area contributed by atoms with Crippen LogP contribution in [0.5, 0.6) is 0 Å². The van der Waals surface area contributed by atoms with E-state index in [0.29, 0.717) is 16.9 Å². The zero-order valence-corrected chi connectivity index (χ0v) is 22.5. The molecule has 206 valence electrons. The quantitative estimate of drug-likeness (QED) is 0.342. The number of β-lactam (4-membered cyclic amide) rings is 1. The first-order valence-electron chi connectivity index (χ1n) is 12.5. The SMILES string of the molecule is CCS(=O)(=O)c1ccc(CC(=O)Nc2ccc([C@@H]3[C@@H](C(C)C)C(=O)N3c3ccc(C(F)(F)F)cc3)cc2)cc1. The van der Waals surface area contributed by atoms with Crippen LogP contribution in [0.25, 0.3) is 0 Å². The van der Waals surface area contributed by atoms with Crippen molar-refractivity contribution in [2.45, 2.75) is 44.3 Å². The summed E-state index contributed by atoms with van der Waals surface area (Å²) in [6.45, 7) is 5.43. The summed E-state index contributed by atoms with van der Waals surface area (Å²) in [5, 5.41) is 2.81. The van der Waals surface area contributed by atoms with E-state index in [-0.39, 0.29) is 46.8 Å². The van der Waals surface area contributed by atoms with Crippen molar-refractivity contribution in [3.63, 3.8) is 0 Å². The van der Waals surface area contributed by atoms with Gasteiger partial charge < -0.3 is 10.2 Å². The second-order valence-electron chi connectivity index (χ2n) is 9.86. The number of amides is 2. The highest BCUT2D eigenvalue weighted by molar-refractivity contribution is 7.91. The average molecular weight is 559 g/mol. The van der Waals surface area contributed by atoms with Crippen LogP contribution in [-0.2, 0) is 32.0 Å². The molecule has 2 amide bonds. The molecule has 3 aromatic carbocycles. The number of rotatable bonds is 8. The summed E-state index contributed by atoms with van der Waals surface area (Å²) >= 11 is 0. The molecule has 2 atom stereocenters. The number of alkyl halides is 3. The Kier molecular flexibility index (Phi) is 7.88. The second-order valence-corrected chi connectivity index (χ2v) is 12.1.